The maximum Gasteiger partial charge on any atom is 0.220 e. The van der Waals surface area contributed by atoms with Crippen molar-refractivity contribution >= 4 is 5.91 Å². The van der Waals surface area contributed by atoms with Crippen molar-refractivity contribution in [3.05, 3.63) is 158 Å². The summed E-state index contributed by atoms with van der Waals surface area (Å²) in [7, 11) is 0. The van der Waals surface area contributed by atoms with Gasteiger partial charge in [0.25, 0.3) is 0 Å². The molecule has 0 aliphatic carbocycles. The molecule has 9 N–H and O–H groups in total. The number of carbonyl (C=O) groups is 1. The fraction of sp³-hybridized carbons (Fsp3) is 0.620. The smallest absolute Gasteiger partial charge is 0.220 e. The van der Waals surface area contributed by atoms with Crippen LogP contribution in [0.5, 0.6) is 0 Å². The van der Waals surface area contributed by atoms with Crippen molar-refractivity contribution in [3.8, 4) is 0 Å². The molecule has 0 saturated carbocycles. The monoisotopic (exact) mass is 1190 g/mol. The standard InChI is InChI=1S/C71H113NO13/c1-3-5-7-9-11-13-15-16-17-18-19-20-21-22-23-24-25-26-27-28-29-30-31-32-33-34-35-36-37-38-39-40-41-42-43-44-45-47-49-51-53-55-63(76)72-59(60(75)54-52-50-48-46-14-12-10-8-6-4-2)58-82-70-68(81)66(79)69(62(57-74)84-70)85-71-67(80)65(78)64(77)61(56-73)83-71/h5-8,11,13-14,16-17,19-20,22-23,25-26,28-29,31-32,34-35,37-38,46,52,54,59-62,64-71,73-75,77-81H,3-4,9-10,12,15,18,21,24,27,30,33,36,39-45,47-51,53,55-58H2,1-2H3,(H,72,76)/b7-5-,8-6+,13-11-,17-16-,20-19-,23-22-,26-25-,29-28-,32-31-,35-34-,38-37-,46-14+,54-52+. The molecule has 480 valence electrons. The average Bonchev–Trinajstić information content (AvgIpc) is 2.93. The molecule has 0 spiro atoms. The molecule has 12 atom stereocenters. The molecule has 0 radical (unpaired) electrons. The van der Waals surface area contributed by atoms with E-state index in [4.69, 9.17) is 18.9 Å². The number of nitrogens with one attached hydrogen (secondary N) is 1. The Hall–Kier alpha value is -4.39. The number of hydrogen-bond acceptors (Lipinski definition) is 13. The van der Waals surface area contributed by atoms with Crippen molar-refractivity contribution in [2.75, 3.05) is 19.8 Å². The predicted octanol–water partition coefficient (Wildman–Crippen LogP) is 12.3. The first-order valence-corrected chi connectivity index (χ1v) is 32.2. The summed E-state index contributed by atoms with van der Waals surface area (Å²) in [6.45, 7) is 2.49. The Bertz CT molecular complexity index is 2030. The summed E-state index contributed by atoms with van der Waals surface area (Å²) in [5.41, 5.74) is 0. The molecule has 14 heteroatoms. The number of aliphatic hydroxyl groups is 8. The van der Waals surface area contributed by atoms with E-state index in [1.54, 1.807) is 6.08 Å². The van der Waals surface area contributed by atoms with Gasteiger partial charge in [-0.3, -0.25) is 4.79 Å². The zero-order valence-corrected chi connectivity index (χ0v) is 51.8. The van der Waals surface area contributed by atoms with E-state index in [1.807, 2.05) is 6.08 Å². The van der Waals surface area contributed by atoms with Gasteiger partial charge in [-0.1, -0.05) is 223 Å². The minimum Gasteiger partial charge on any atom is -0.394 e. The van der Waals surface area contributed by atoms with E-state index in [-0.39, 0.29) is 18.9 Å². The van der Waals surface area contributed by atoms with Gasteiger partial charge in [-0.25, -0.2) is 0 Å². The van der Waals surface area contributed by atoms with E-state index >= 15 is 0 Å². The van der Waals surface area contributed by atoms with Gasteiger partial charge >= 0.3 is 0 Å². The summed E-state index contributed by atoms with van der Waals surface area (Å²) in [6.07, 6.45) is 66.1. The quantitative estimate of drug-likeness (QED) is 0.0204. The van der Waals surface area contributed by atoms with E-state index in [1.165, 1.54) is 38.5 Å². The fourth-order valence-corrected chi connectivity index (χ4v) is 9.36. The highest BCUT2D eigenvalue weighted by Crippen LogP contribution is 2.30. The lowest BCUT2D eigenvalue weighted by atomic mass is 9.97. The van der Waals surface area contributed by atoms with Gasteiger partial charge in [0.2, 0.25) is 5.91 Å². The highest BCUT2D eigenvalue weighted by molar-refractivity contribution is 5.76. The maximum absolute atomic E-state index is 13.2. The van der Waals surface area contributed by atoms with E-state index < -0.39 is 86.8 Å². The lowest BCUT2D eigenvalue weighted by Gasteiger charge is -2.46. The minimum absolute atomic E-state index is 0.254. The first kappa shape index (κ1) is 76.7. The number of carbonyl (C=O) groups excluding carboxylic acids is 1. The van der Waals surface area contributed by atoms with Crippen molar-refractivity contribution in [3.63, 3.8) is 0 Å². The normalized spacial score (nSPS) is 24.6. The largest absolute Gasteiger partial charge is 0.394 e. The number of amides is 1. The van der Waals surface area contributed by atoms with Crippen LogP contribution in [0, 0.1) is 0 Å². The van der Waals surface area contributed by atoms with E-state index in [0.29, 0.717) is 12.8 Å². The van der Waals surface area contributed by atoms with Crippen molar-refractivity contribution < 1.29 is 64.6 Å². The Morgan fingerprint density at radius 1 is 0.424 bits per heavy atom. The number of hydrogen-bond donors (Lipinski definition) is 9. The van der Waals surface area contributed by atoms with Crippen LogP contribution < -0.4 is 5.32 Å². The molecule has 2 saturated heterocycles. The second-order valence-corrected chi connectivity index (χ2v) is 21.8. The molecular formula is C71H113NO13. The van der Waals surface area contributed by atoms with Crippen LogP contribution in [0.2, 0.25) is 0 Å². The average molecular weight is 1190 g/mol. The number of unbranched alkanes of at least 4 members (excludes halogenated alkanes) is 12. The van der Waals surface area contributed by atoms with Gasteiger partial charge in [-0.05, 0) is 116 Å². The molecule has 0 aromatic carbocycles. The minimum atomic E-state index is -1.80. The van der Waals surface area contributed by atoms with Crippen LogP contribution in [0.15, 0.2) is 158 Å². The zero-order valence-electron chi connectivity index (χ0n) is 51.8. The van der Waals surface area contributed by atoms with Crippen LogP contribution in [-0.4, -0.2) is 140 Å². The summed E-state index contributed by atoms with van der Waals surface area (Å²) in [4.78, 5) is 13.2. The van der Waals surface area contributed by atoms with Crippen molar-refractivity contribution in [1.29, 1.82) is 0 Å². The van der Waals surface area contributed by atoms with Crippen LogP contribution in [0.1, 0.15) is 187 Å². The second-order valence-electron chi connectivity index (χ2n) is 21.8. The van der Waals surface area contributed by atoms with Gasteiger partial charge in [-0.2, -0.15) is 0 Å². The zero-order chi connectivity index (χ0) is 61.6. The Kier molecular flexibility index (Phi) is 48.6. The SMILES string of the molecule is CC/C=C\C/C=C\C/C=C\C/C=C\C/C=C\C/C=C\C/C=C\C/C=C\C/C=C\C/C=C\CCCCCCCCCCCCC(=O)NC(COC1OC(CO)C(OC2OC(CO)C(O)C(O)C2O)C(O)C1O)C(O)/C=C/CC/C=C/CC/C=C/CC. The number of ether oxygens (including phenoxy) is 4. The third-order valence-electron chi connectivity index (χ3n) is 14.4. The molecular weight excluding hydrogens is 1070 g/mol. The highest BCUT2D eigenvalue weighted by Gasteiger charge is 2.51. The van der Waals surface area contributed by atoms with Gasteiger partial charge in [0.1, 0.15) is 48.8 Å². The molecule has 85 heavy (non-hydrogen) atoms. The third kappa shape index (κ3) is 38.5. The first-order valence-electron chi connectivity index (χ1n) is 32.2. The number of rotatable bonds is 49. The Morgan fingerprint density at radius 2 is 0.788 bits per heavy atom. The molecule has 14 nitrogen and oxygen atoms in total. The second kappa shape index (κ2) is 53.8. The molecule has 12 unspecified atom stereocenters. The lowest BCUT2D eigenvalue weighted by Crippen LogP contribution is -2.65. The lowest BCUT2D eigenvalue weighted by molar-refractivity contribution is -0.359. The van der Waals surface area contributed by atoms with Gasteiger partial charge in [0.05, 0.1) is 32.0 Å². The van der Waals surface area contributed by atoms with Crippen molar-refractivity contribution in [1.82, 2.24) is 5.32 Å². The van der Waals surface area contributed by atoms with Crippen LogP contribution in [0.3, 0.4) is 0 Å². The van der Waals surface area contributed by atoms with Gasteiger partial charge < -0.3 is 65.1 Å². The summed E-state index contributed by atoms with van der Waals surface area (Å²) in [5, 5.41) is 86.9. The highest BCUT2D eigenvalue weighted by atomic mass is 16.7. The van der Waals surface area contributed by atoms with Crippen LogP contribution in [0.4, 0.5) is 0 Å². The van der Waals surface area contributed by atoms with Gasteiger partial charge in [-0.15, -0.1) is 0 Å². The summed E-state index contributed by atoms with van der Waals surface area (Å²) < 4.78 is 22.7. The first-order chi connectivity index (χ1) is 41.6. The predicted molar refractivity (Wildman–Crippen MR) is 345 cm³/mol. The molecule has 2 aliphatic heterocycles. The van der Waals surface area contributed by atoms with Gasteiger partial charge in [0.15, 0.2) is 12.6 Å². The van der Waals surface area contributed by atoms with Crippen molar-refractivity contribution in [2.45, 2.75) is 261 Å². The summed E-state index contributed by atoms with van der Waals surface area (Å²) in [5.74, 6) is -0.269. The fourth-order valence-electron chi connectivity index (χ4n) is 9.36. The van der Waals surface area contributed by atoms with E-state index in [2.05, 4.69) is 165 Å². The Morgan fingerprint density at radius 3 is 1.25 bits per heavy atom. The molecule has 2 heterocycles. The van der Waals surface area contributed by atoms with E-state index in [9.17, 15) is 45.6 Å². The van der Waals surface area contributed by atoms with Crippen molar-refractivity contribution in [2.24, 2.45) is 0 Å². The molecule has 0 aromatic heterocycles. The van der Waals surface area contributed by atoms with Crippen LogP contribution >= 0.6 is 0 Å². The molecule has 1 amide bonds. The molecule has 2 fully saturated rings. The summed E-state index contributed by atoms with van der Waals surface area (Å²) >= 11 is 0. The van der Waals surface area contributed by atoms with Gasteiger partial charge in [0, 0.05) is 6.42 Å². The third-order valence-corrected chi connectivity index (χ3v) is 14.4. The Balaban J connectivity index is 1.59. The molecule has 2 rings (SSSR count). The number of allylic oxidation sites excluding steroid dienone is 25. The molecule has 0 aromatic rings. The molecule has 0 bridgehead atoms. The van der Waals surface area contributed by atoms with E-state index in [0.717, 1.165) is 116 Å². The maximum atomic E-state index is 13.2. The number of aliphatic hydroxyl groups excluding tert-OH is 8. The topological polar surface area (TPSA) is 228 Å². The summed E-state index contributed by atoms with van der Waals surface area (Å²) in [6, 6.07) is -0.949. The Labute approximate surface area is 512 Å². The van der Waals surface area contributed by atoms with Crippen LogP contribution in [-0.2, 0) is 23.7 Å². The molecule has 2 aliphatic rings. The van der Waals surface area contributed by atoms with Crippen LogP contribution in [0.25, 0.3) is 0 Å².